The highest BCUT2D eigenvalue weighted by atomic mass is 35.5. The van der Waals surface area contributed by atoms with Gasteiger partial charge in [-0.05, 0) is 6.07 Å². The van der Waals surface area contributed by atoms with Gasteiger partial charge < -0.3 is 10.1 Å². The van der Waals surface area contributed by atoms with E-state index in [-0.39, 0.29) is 10.8 Å². The van der Waals surface area contributed by atoms with E-state index in [1.165, 1.54) is 0 Å². The third-order valence-corrected chi connectivity index (χ3v) is 3.28. The summed E-state index contributed by atoms with van der Waals surface area (Å²) in [5.74, 6) is 0.789. The quantitative estimate of drug-likeness (QED) is 0.862. The average Bonchev–Trinajstić information content (AvgIpc) is 2.81. The van der Waals surface area contributed by atoms with Crippen molar-refractivity contribution in [1.82, 2.24) is 14.6 Å². The molecule has 0 aromatic carbocycles. The van der Waals surface area contributed by atoms with E-state index in [2.05, 4.69) is 42.2 Å². The molecule has 2 heterocycles. The largest absolute Gasteiger partial charge is 0.383 e. The number of rotatable bonds is 5. The zero-order valence-electron chi connectivity index (χ0n) is 12.4. The van der Waals surface area contributed by atoms with Gasteiger partial charge in [0.2, 0.25) is 0 Å². The van der Waals surface area contributed by atoms with Crippen molar-refractivity contribution < 1.29 is 4.74 Å². The van der Waals surface area contributed by atoms with E-state index in [9.17, 15) is 0 Å². The number of aromatic nitrogens is 3. The summed E-state index contributed by atoms with van der Waals surface area (Å²) in [7, 11) is 1.64. The minimum atomic E-state index is -0.0907. The van der Waals surface area contributed by atoms with Gasteiger partial charge in [-0.25, -0.2) is 9.50 Å². The zero-order valence-corrected chi connectivity index (χ0v) is 13.1. The van der Waals surface area contributed by atoms with Gasteiger partial charge in [0.25, 0.3) is 0 Å². The Kier molecular flexibility index (Phi) is 4.50. The van der Waals surface area contributed by atoms with E-state index < -0.39 is 0 Å². The van der Waals surface area contributed by atoms with Crippen molar-refractivity contribution in [3.05, 3.63) is 24.2 Å². The van der Waals surface area contributed by atoms with Crippen LogP contribution < -0.4 is 5.32 Å². The van der Waals surface area contributed by atoms with Crippen LogP contribution in [0.2, 0.25) is 0 Å². The number of hydrogen-bond donors (Lipinski definition) is 1. The van der Waals surface area contributed by atoms with Crippen LogP contribution in [0.1, 0.15) is 26.5 Å². The summed E-state index contributed by atoms with van der Waals surface area (Å²) in [4.78, 5) is 4.36. The van der Waals surface area contributed by atoms with E-state index in [1.54, 1.807) is 13.3 Å². The van der Waals surface area contributed by atoms with Crippen molar-refractivity contribution in [2.75, 3.05) is 25.6 Å². The van der Waals surface area contributed by atoms with E-state index in [0.29, 0.717) is 13.2 Å². The van der Waals surface area contributed by atoms with Crippen molar-refractivity contribution in [2.24, 2.45) is 0 Å². The van der Waals surface area contributed by atoms with Gasteiger partial charge in [0.1, 0.15) is 5.52 Å². The van der Waals surface area contributed by atoms with Crippen LogP contribution in [0.25, 0.3) is 5.52 Å². The molecule has 2 rings (SSSR count). The van der Waals surface area contributed by atoms with Crippen molar-refractivity contribution in [1.29, 1.82) is 0 Å². The predicted octanol–water partition coefficient (Wildman–Crippen LogP) is 2.69. The molecule has 0 aliphatic rings. The minimum absolute atomic E-state index is 0.00829. The molecule has 2 aromatic heterocycles. The fourth-order valence-electron chi connectivity index (χ4n) is 1.87. The summed E-state index contributed by atoms with van der Waals surface area (Å²) < 4.78 is 6.86. The van der Waals surface area contributed by atoms with E-state index in [4.69, 9.17) is 16.3 Å². The Morgan fingerprint density at radius 3 is 2.85 bits per heavy atom. The molecular formula is C14H21ClN4O. The highest BCUT2D eigenvalue weighted by Gasteiger charge is 2.19. The van der Waals surface area contributed by atoms with Gasteiger partial charge in [0.05, 0.1) is 17.7 Å². The van der Waals surface area contributed by atoms with Crippen LogP contribution in [-0.4, -0.2) is 40.2 Å². The second kappa shape index (κ2) is 5.97. The molecule has 110 valence electrons. The molecule has 0 aliphatic heterocycles. The number of fused-ring (bicyclic) bond motifs is 1. The number of ether oxygens (including phenoxy) is 1. The summed E-state index contributed by atoms with van der Waals surface area (Å²) in [6.45, 7) is 7.52. The van der Waals surface area contributed by atoms with Crippen LogP contribution in [0.5, 0.6) is 0 Å². The molecular weight excluding hydrogens is 276 g/mol. The fraction of sp³-hybridized carbons (Fsp3) is 0.571. The van der Waals surface area contributed by atoms with E-state index >= 15 is 0 Å². The predicted molar refractivity (Wildman–Crippen MR) is 81.7 cm³/mol. The van der Waals surface area contributed by atoms with Gasteiger partial charge in [0, 0.05) is 31.5 Å². The van der Waals surface area contributed by atoms with Gasteiger partial charge in [-0.15, -0.1) is 11.6 Å². The third-order valence-electron chi connectivity index (χ3n) is 3.00. The highest BCUT2D eigenvalue weighted by Crippen LogP contribution is 2.24. The van der Waals surface area contributed by atoms with Crippen LogP contribution in [0.4, 0.5) is 5.82 Å². The summed E-state index contributed by atoms with van der Waals surface area (Å²) in [5.41, 5.74) is 2.00. The molecule has 2 aromatic rings. The molecule has 0 saturated heterocycles. The number of anilines is 1. The minimum Gasteiger partial charge on any atom is -0.383 e. The Hall–Kier alpha value is -1.33. The highest BCUT2D eigenvalue weighted by molar-refractivity contribution is 6.21. The van der Waals surface area contributed by atoms with Crippen molar-refractivity contribution >= 4 is 22.9 Å². The maximum absolute atomic E-state index is 6.12. The fourth-order valence-corrected chi connectivity index (χ4v) is 2.08. The average molecular weight is 297 g/mol. The monoisotopic (exact) mass is 296 g/mol. The SMILES string of the molecule is COCC(Cl)CNc1nccn2nc(C(C)(C)C)cc12. The molecule has 1 unspecified atom stereocenters. The number of hydrogen-bond acceptors (Lipinski definition) is 4. The lowest BCUT2D eigenvalue weighted by Crippen LogP contribution is -2.19. The second-order valence-electron chi connectivity index (χ2n) is 5.82. The van der Waals surface area contributed by atoms with Crippen molar-refractivity contribution in [2.45, 2.75) is 31.6 Å². The summed E-state index contributed by atoms with van der Waals surface area (Å²) in [5, 5.41) is 7.75. The summed E-state index contributed by atoms with van der Waals surface area (Å²) in [6, 6.07) is 2.06. The lowest BCUT2D eigenvalue weighted by Gasteiger charge is -2.13. The van der Waals surface area contributed by atoms with Crippen molar-refractivity contribution in [3.63, 3.8) is 0 Å². The van der Waals surface area contributed by atoms with Crippen LogP contribution in [0, 0.1) is 0 Å². The van der Waals surface area contributed by atoms with E-state index in [1.807, 2.05) is 10.7 Å². The summed E-state index contributed by atoms with van der Waals surface area (Å²) in [6.07, 6.45) is 3.58. The molecule has 0 aliphatic carbocycles. The molecule has 0 fully saturated rings. The molecule has 0 bridgehead atoms. The summed E-state index contributed by atoms with van der Waals surface area (Å²) >= 11 is 6.12. The number of nitrogens with one attached hydrogen (secondary N) is 1. The molecule has 20 heavy (non-hydrogen) atoms. The Bertz CT molecular complexity index is 576. The lowest BCUT2D eigenvalue weighted by molar-refractivity contribution is 0.200. The molecule has 0 radical (unpaired) electrons. The number of halogens is 1. The topological polar surface area (TPSA) is 51.5 Å². The number of nitrogens with zero attached hydrogens (tertiary/aromatic N) is 3. The molecule has 0 amide bonds. The molecule has 1 N–H and O–H groups in total. The van der Waals surface area contributed by atoms with Gasteiger partial charge in [0.15, 0.2) is 5.82 Å². The standard InChI is InChI=1S/C14H21ClN4O/c1-14(2,3)12-7-11-13(16-5-6-19(11)18-12)17-8-10(15)9-20-4/h5-7,10H,8-9H2,1-4H3,(H,16,17). The van der Waals surface area contributed by atoms with Gasteiger partial charge in [-0.1, -0.05) is 20.8 Å². The first-order valence-electron chi connectivity index (χ1n) is 6.63. The van der Waals surface area contributed by atoms with Crippen LogP contribution in [0.15, 0.2) is 18.5 Å². The number of alkyl halides is 1. The number of methoxy groups -OCH3 is 1. The second-order valence-corrected chi connectivity index (χ2v) is 6.44. The molecule has 0 spiro atoms. The first kappa shape index (κ1) is 15.1. The molecule has 6 heteroatoms. The van der Waals surface area contributed by atoms with Gasteiger partial charge in [-0.2, -0.15) is 5.10 Å². The Morgan fingerprint density at radius 2 is 2.20 bits per heavy atom. The van der Waals surface area contributed by atoms with Gasteiger partial charge in [-0.3, -0.25) is 0 Å². The normalized spacial score (nSPS) is 13.7. The maximum atomic E-state index is 6.12. The smallest absolute Gasteiger partial charge is 0.152 e. The van der Waals surface area contributed by atoms with Crippen LogP contribution in [-0.2, 0) is 10.2 Å². The Morgan fingerprint density at radius 1 is 1.45 bits per heavy atom. The Balaban J connectivity index is 2.23. The van der Waals surface area contributed by atoms with Crippen LogP contribution >= 0.6 is 11.6 Å². The Labute approximate surface area is 124 Å². The zero-order chi connectivity index (χ0) is 14.8. The molecule has 1 atom stereocenters. The van der Waals surface area contributed by atoms with Gasteiger partial charge >= 0.3 is 0 Å². The van der Waals surface area contributed by atoms with E-state index in [0.717, 1.165) is 17.0 Å². The maximum Gasteiger partial charge on any atom is 0.152 e. The third kappa shape index (κ3) is 3.41. The first-order valence-corrected chi connectivity index (χ1v) is 7.07. The molecule has 5 nitrogen and oxygen atoms in total. The molecule has 0 saturated carbocycles. The first-order chi connectivity index (χ1) is 9.41. The lowest BCUT2D eigenvalue weighted by atomic mass is 9.92. The van der Waals surface area contributed by atoms with Crippen LogP contribution in [0.3, 0.4) is 0 Å². The van der Waals surface area contributed by atoms with Crippen molar-refractivity contribution in [3.8, 4) is 0 Å².